The summed E-state index contributed by atoms with van der Waals surface area (Å²) in [5.41, 5.74) is 6.95. The molecule has 204 valence electrons. The third-order valence-electron chi connectivity index (χ3n) is 6.55. The van der Waals surface area contributed by atoms with Gasteiger partial charge >= 0.3 is 0 Å². The number of pyridine rings is 1. The van der Waals surface area contributed by atoms with E-state index in [1.165, 1.54) is 17.7 Å². The van der Waals surface area contributed by atoms with Crippen LogP contribution in [-0.4, -0.2) is 15.2 Å². The van der Waals surface area contributed by atoms with Crippen molar-refractivity contribution < 1.29 is 9.18 Å². The van der Waals surface area contributed by atoms with Gasteiger partial charge in [-0.2, -0.15) is 0 Å². The molecule has 4 aromatic rings. The van der Waals surface area contributed by atoms with Crippen LogP contribution in [-0.2, 0) is 6.54 Å². The zero-order chi connectivity index (χ0) is 28.5. The van der Waals surface area contributed by atoms with E-state index in [1.54, 1.807) is 24.1 Å². The van der Waals surface area contributed by atoms with Gasteiger partial charge in [-0.05, 0) is 110 Å². The first-order valence-electron chi connectivity index (χ1n) is 13.3. The van der Waals surface area contributed by atoms with E-state index in [0.29, 0.717) is 12.1 Å². The lowest BCUT2D eigenvalue weighted by Crippen LogP contribution is -2.22. The Bertz CT molecular complexity index is 1560. The van der Waals surface area contributed by atoms with Crippen LogP contribution in [0.5, 0.6) is 0 Å². The van der Waals surface area contributed by atoms with Crippen molar-refractivity contribution in [2.75, 3.05) is 0 Å². The monoisotopic (exact) mass is 551 g/mol. The van der Waals surface area contributed by atoms with Gasteiger partial charge in [0, 0.05) is 46.1 Å². The summed E-state index contributed by atoms with van der Waals surface area (Å²) >= 11 is 1.60. The zero-order valence-corrected chi connectivity index (χ0v) is 24.1. The van der Waals surface area contributed by atoms with Crippen molar-refractivity contribution in [2.24, 2.45) is 0 Å². The number of carbonyl (C=O) groups is 1. The van der Waals surface area contributed by atoms with Crippen molar-refractivity contribution in [1.29, 1.82) is 0 Å². The minimum Gasteiger partial charge on any atom is -0.348 e. The Labute approximate surface area is 240 Å². The second kappa shape index (κ2) is 13.8. The van der Waals surface area contributed by atoms with Crippen molar-refractivity contribution in [1.82, 2.24) is 14.6 Å². The quantitative estimate of drug-likeness (QED) is 0.158. The molecule has 0 spiro atoms. The van der Waals surface area contributed by atoms with E-state index in [-0.39, 0.29) is 11.7 Å². The van der Waals surface area contributed by atoms with Gasteiger partial charge in [0.1, 0.15) is 5.82 Å². The first-order chi connectivity index (χ1) is 19.4. The molecule has 0 fully saturated rings. The first-order valence-corrected chi connectivity index (χ1v) is 14.1. The zero-order valence-electron chi connectivity index (χ0n) is 23.3. The molecule has 6 heteroatoms. The summed E-state index contributed by atoms with van der Waals surface area (Å²) in [7, 11) is 0. The average molecular weight is 552 g/mol. The van der Waals surface area contributed by atoms with E-state index < -0.39 is 0 Å². The number of rotatable bonds is 10. The third kappa shape index (κ3) is 7.48. The molecule has 0 aliphatic heterocycles. The summed E-state index contributed by atoms with van der Waals surface area (Å²) in [5.74, 6) is -0.464. The Hall–Kier alpha value is -4.16. The highest BCUT2D eigenvalue weighted by atomic mass is 32.2. The topological polar surface area (TPSA) is 45.2 Å². The average Bonchev–Trinajstić information content (AvgIpc) is 2.98. The van der Waals surface area contributed by atoms with Crippen molar-refractivity contribution in [3.8, 4) is 0 Å². The largest absolute Gasteiger partial charge is 0.348 e. The number of hydrogen-bond acceptors (Lipinski definition) is 4. The molecule has 4 rings (SSSR count). The van der Waals surface area contributed by atoms with Crippen LogP contribution in [0.2, 0.25) is 0 Å². The van der Waals surface area contributed by atoms with Crippen molar-refractivity contribution in [2.45, 2.75) is 45.6 Å². The number of amides is 1. The Morgan fingerprint density at radius 3 is 2.42 bits per heavy atom. The second-order valence-electron chi connectivity index (χ2n) is 9.43. The first kappa shape index (κ1) is 28.8. The van der Waals surface area contributed by atoms with Gasteiger partial charge in [-0.1, -0.05) is 43.3 Å². The molecule has 3 aromatic carbocycles. The summed E-state index contributed by atoms with van der Waals surface area (Å²) in [6.45, 7) is 8.75. The van der Waals surface area contributed by atoms with Crippen LogP contribution < -0.4 is 5.32 Å². The minimum atomic E-state index is -0.293. The summed E-state index contributed by atoms with van der Waals surface area (Å²) in [4.78, 5) is 18.2. The molecule has 1 aromatic heterocycles. The Kier molecular flexibility index (Phi) is 9.92. The molecule has 0 saturated heterocycles. The molecule has 4 nitrogen and oxygen atoms in total. The highest BCUT2D eigenvalue weighted by molar-refractivity contribution is 7.97. The van der Waals surface area contributed by atoms with Crippen molar-refractivity contribution in [3.05, 3.63) is 137 Å². The maximum Gasteiger partial charge on any atom is 0.251 e. The lowest BCUT2D eigenvalue weighted by molar-refractivity contribution is 0.0951. The van der Waals surface area contributed by atoms with E-state index in [1.807, 2.05) is 43.5 Å². The summed E-state index contributed by atoms with van der Waals surface area (Å²) < 4.78 is 15.3. The maximum atomic E-state index is 13.1. The maximum absolute atomic E-state index is 13.1. The molecular weight excluding hydrogens is 517 g/mol. The van der Waals surface area contributed by atoms with E-state index in [4.69, 9.17) is 0 Å². The number of nitrogens with zero attached hydrogens (tertiary/aromatic N) is 2. The molecule has 0 aliphatic carbocycles. The smallest absolute Gasteiger partial charge is 0.251 e. The van der Waals surface area contributed by atoms with Crippen LogP contribution in [0.15, 0.2) is 120 Å². The van der Waals surface area contributed by atoms with Crippen LogP contribution in [0, 0.1) is 5.82 Å². The molecular formula is C34H34FN3OS. The van der Waals surface area contributed by atoms with Gasteiger partial charge in [0.2, 0.25) is 0 Å². The fourth-order valence-corrected chi connectivity index (χ4v) is 5.07. The number of hydrogen-bond donors (Lipinski definition) is 1. The molecule has 0 aliphatic rings. The predicted octanol–water partition coefficient (Wildman–Crippen LogP) is 8.93. The van der Waals surface area contributed by atoms with Crippen molar-refractivity contribution >= 4 is 34.3 Å². The van der Waals surface area contributed by atoms with Crippen molar-refractivity contribution in [3.63, 3.8) is 0 Å². The SMILES string of the molecule is C/C=C(\C)N(/C=C(\C(C)=C\CC)c1ccc2ncccc2c1)Sc1ccc(C(=O)NCc2ccc(F)cc2)cc1. The normalized spacial score (nSPS) is 12.5. The van der Waals surface area contributed by atoms with Crippen LogP contribution >= 0.6 is 11.9 Å². The number of aromatic nitrogens is 1. The predicted molar refractivity (Wildman–Crippen MR) is 165 cm³/mol. The van der Waals surface area contributed by atoms with Gasteiger partial charge in [-0.3, -0.25) is 14.1 Å². The Balaban J connectivity index is 1.56. The summed E-state index contributed by atoms with van der Waals surface area (Å²) in [6, 6.07) is 24.1. The molecule has 40 heavy (non-hydrogen) atoms. The van der Waals surface area contributed by atoms with Gasteiger partial charge in [-0.25, -0.2) is 4.39 Å². The highest BCUT2D eigenvalue weighted by Crippen LogP contribution is 2.33. The van der Waals surface area contributed by atoms with Crippen LogP contribution in [0.4, 0.5) is 4.39 Å². The van der Waals surface area contributed by atoms with Gasteiger partial charge in [0.25, 0.3) is 5.91 Å². The fourth-order valence-electron chi connectivity index (χ4n) is 4.18. The number of carbonyl (C=O) groups excluding carboxylic acids is 1. The minimum absolute atomic E-state index is 0.171. The molecule has 0 atom stereocenters. The number of nitrogens with one attached hydrogen (secondary N) is 1. The lowest BCUT2D eigenvalue weighted by atomic mass is 9.97. The lowest BCUT2D eigenvalue weighted by Gasteiger charge is -2.22. The van der Waals surface area contributed by atoms with E-state index in [0.717, 1.165) is 44.6 Å². The van der Waals surface area contributed by atoms with Gasteiger partial charge in [0.05, 0.1) is 5.52 Å². The number of halogens is 1. The molecule has 0 bridgehead atoms. The second-order valence-corrected chi connectivity index (χ2v) is 10.5. The van der Waals surface area contributed by atoms with E-state index >= 15 is 0 Å². The summed E-state index contributed by atoms with van der Waals surface area (Å²) in [6.07, 6.45) is 9.27. The Morgan fingerprint density at radius 1 is 1.00 bits per heavy atom. The molecule has 0 radical (unpaired) electrons. The van der Waals surface area contributed by atoms with E-state index in [9.17, 15) is 9.18 Å². The van der Waals surface area contributed by atoms with Crippen LogP contribution in [0.1, 0.15) is 55.6 Å². The number of benzene rings is 3. The molecule has 1 N–H and O–H groups in total. The van der Waals surface area contributed by atoms with Gasteiger partial charge < -0.3 is 5.32 Å². The summed E-state index contributed by atoms with van der Waals surface area (Å²) in [5, 5.41) is 4.00. The van der Waals surface area contributed by atoms with Gasteiger partial charge in [0.15, 0.2) is 0 Å². The standard InChI is InChI=1S/C34H34FN3OS/c1-5-8-24(3)32(28-14-19-33-29(21-28)9-7-20-36-33)23-38(25(4)6-2)40-31-17-12-27(13-18-31)34(39)37-22-26-10-15-30(35)16-11-26/h6-21,23H,5,22H2,1-4H3,(H,37,39)/b24-8+,25-6+,32-23+. The van der Waals surface area contributed by atoms with Crippen LogP contribution in [0.25, 0.3) is 16.5 Å². The molecule has 0 unspecified atom stereocenters. The van der Waals surface area contributed by atoms with Crippen LogP contribution in [0.3, 0.4) is 0 Å². The third-order valence-corrected chi connectivity index (χ3v) is 7.62. The number of allylic oxidation sites excluding steroid dienone is 5. The molecule has 1 heterocycles. The van der Waals surface area contributed by atoms with Gasteiger partial charge in [-0.15, -0.1) is 0 Å². The van der Waals surface area contributed by atoms with E-state index in [2.05, 4.69) is 78.0 Å². The molecule has 0 saturated carbocycles. The Morgan fingerprint density at radius 2 is 1.73 bits per heavy atom. The molecule has 1 amide bonds. The highest BCUT2D eigenvalue weighted by Gasteiger charge is 2.13. The number of fused-ring (bicyclic) bond motifs is 1. The fraction of sp³-hybridized carbons (Fsp3) is 0.176.